The summed E-state index contributed by atoms with van der Waals surface area (Å²) in [7, 11) is -3.77. The number of fused-ring (bicyclic) bond motifs is 1. The summed E-state index contributed by atoms with van der Waals surface area (Å²) in [6.07, 6.45) is -2.51. The molecule has 3 heterocycles. The molecule has 0 bridgehead atoms. The van der Waals surface area contributed by atoms with E-state index in [1.807, 2.05) is 24.3 Å². The zero-order valence-electron chi connectivity index (χ0n) is 20.2. The fourth-order valence-electron chi connectivity index (χ4n) is 4.18. The van der Waals surface area contributed by atoms with Crippen LogP contribution < -0.4 is 20.7 Å². The molecule has 0 saturated carbocycles. The van der Waals surface area contributed by atoms with E-state index in [4.69, 9.17) is 0 Å². The standard InChI is InChI=1S/C24H25F2N7O3S2/c1-14-22(24(37-31-14)30-21-10-27-18-7-2-3-8-19(18)29-21)23(34)28-15-5-4-6-16(9-15)32-38(35,36)17-11-33(12-17)13-20(25)26/h2-9,17,20,27,32H,10-13H2,1H3,(H,28,34)(H,29,30). The van der Waals surface area contributed by atoms with Crippen molar-refractivity contribution in [3.63, 3.8) is 0 Å². The number of aryl methyl sites for hydroxylation is 1. The molecule has 4 N–H and O–H groups in total. The lowest BCUT2D eigenvalue weighted by molar-refractivity contribution is 0.0606. The number of para-hydroxylation sites is 2. The van der Waals surface area contributed by atoms with E-state index in [1.54, 1.807) is 25.1 Å². The van der Waals surface area contributed by atoms with E-state index in [2.05, 4.69) is 30.0 Å². The van der Waals surface area contributed by atoms with Crippen LogP contribution in [0.5, 0.6) is 0 Å². The van der Waals surface area contributed by atoms with Crippen LogP contribution in [0.15, 0.2) is 53.5 Å². The average Bonchev–Trinajstić information content (AvgIpc) is 3.20. The number of anilines is 4. The van der Waals surface area contributed by atoms with E-state index in [1.165, 1.54) is 11.0 Å². The minimum absolute atomic E-state index is 0.0434. The van der Waals surface area contributed by atoms with Crippen LogP contribution in [0.25, 0.3) is 0 Å². The number of aliphatic imine (C=N–C) groups is 1. The van der Waals surface area contributed by atoms with E-state index in [0.29, 0.717) is 34.3 Å². The first-order chi connectivity index (χ1) is 18.2. The third kappa shape index (κ3) is 5.76. The van der Waals surface area contributed by atoms with Crippen LogP contribution in [0.4, 0.5) is 36.5 Å². The van der Waals surface area contributed by atoms with Crippen molar-refractivity contribution < 1.29 is 22.0 Å². The third-order valence-electron chi connectivity index (χ3n) is 6.10. The van der Waals surface area contributed by atoms with Crippen molar-refractivity contribution in [1.82, 2.24) is 9.27 Å². The quantitative estimate of drug-likeness (QED) is 0.328. The predicted octanol–water partition coefficient (Wildman–Crippen LogP) is 3.96. The second-order valence-electron chi connectivity index (χ2n) is 8.94. The maximum Gasteiger partial charge on any atom is 0.260 e. The SMILES string of the molecule is Cc1nsc(N=C2CNc3ccccc3N2)c1C(=O)Nc1cccc(NS(=O)(=O)C2CN(CC(F)F)C2)c1. The summed E-state index contributed by atoms with van der Waals surface area (Å²) in [4.78, 5) is 19.2. The topological polar surface area (TPSA) is 128 Å². The zero-order chi connectivity index (χ0) is 26.9. The van der Waals surface area contributed by atoms with Crippen molar-refractivity contribution in [3.05, 3.63) is 59.8 Å². The summed E-state index contributed by atoms with van der Waals surface area (Å²) in [6.45, 7) is 1.82. The molecule has 1 fully saturated rings. The molecule has 3 aromatic rings. The number of nitrogens with one attached hydrogen (secondary N) is 4. The van der Waals surface area contributed by atoms with Gasteiger partial charge >= 0.3 is 0 Å². The number of amidine groups is 1. The van der Waals surface area contributed by atoms with Gasteiger partial charge in [-0.05, 0) is 48.8 Å². The summed E-state index contributed by atoms with van der Waals surface area (Å²) in [6, 6.07) is 14.0. The Morgan fingerprint density at radius 2 is 1.92 bits per heavy atom. The van der Waals surface area contributed by atoms with Crippen LogP contribution in [0.2, 0.25) is 0 Å². The van der Waals surface area contributed by atoms with Crippen LogP contribution in [0, 0.1) is 6.92 Å². The first-order valence-corrected chi connectivity index (χ1v) is 14.1. The third-order valence-corrected chi connectivity index (χ3v) is 8.63. The fourth-order valence-corrected chi connectivity index (χ4v) is 6.41. The van der Waals surface area contributed by atoms with Gasteiger partial charge in [-0.1, -0.05) is 18.2 Å². The highest BCUT2D eigenvalue weighted by molar-refractivity contribution is 7.93. The summed E-state index contributed by atoms with van der Waals surface area (Å²) < 4.78 is 57.1. The van der Waals surface area contributed by atoms with Gasteiger partial charge in [-0.3, -0.25) is 14.4 Å². The molecule has 0 unspecified atom stereocenters. The first-order valence-electron chi connectivity index (χ1n) is 11.8. The number of rotatable bonds is 8. The molecule has 38 heavy (non-hydrogen) atoms. The second kappa shape index (κ2) is 10.6. The summed E-state index contributed by atoms with van der Waals surface area (Å²) in [5.41, 5.74) is 3.32. The number of sulfonamides is 1. The molecule has 1 amide bonds. The molecule has 200 valence electrons. The van der Waals surface area contributed by atoms with Crippen molar-refractivity contribution in [1.29, 1.82) is 0 Å². The number of amides is 1. The molecule has 0 atom stereocenters. The zero-order valence-corrected chi connectivity index (χ0v) is 21.9. The molecule has 5 rings (SSSR count). The number of nitrogens with zero attached hydrogens (tertiary/aromatic N) is 3. The highest BCUT2D eigenvalue weighted by atomic mass is 32.2. The van der Waals surface area contributed by atoms with Gasteiger partial charge in [0.15, 0.2) is 5.00 Å². The van der Waals surface area contributed by atoms with Crippen LogP contribution in [0.3, 0.4) is 0 Å². The number of hydrogen-bond acceptors (Lipinski definition) is 8. The monoisotopic (exact) mass is 561 g/mol. The number of carbonyl (C=O) groups is 1. The molecule has 1 aromatic heterocycles. The Labute approximate surface area is 222 Å². The highest BCUT2D eigenvalue weighted by Crippen LogP contribution is 2.31. The molecule has 2 aromatic carbocycles. The number of benzene rings is 2. The number of aromatic nitrogens is 1. The van der Waals surface area contributed by atoms with E-state index < -0.39 is 34.2 Å². The van der Waals surface area contributed by atoms with Gasteiger partial charge in [0, 0.05) is 18.8 Å². The van der Waals surface area contributed by atoms with Gasteiger partial charge in [0.1, 0.15) is 11.1 Å². The molecule has 10 nitrogen and oxygen atoms in total. The fraction of sp³-hybridized carbons (Fsp3) is 0.292. The Balaban J connectivity index is 1.26. The van der Waals surface area contributed by atoms with Crippen molar-refractivity contribution in [2.75, 3.05) is 46.9 Å². The molecule has 2 aliphatic rings. The summed E-state index contributed by atoms with van der Waals surface area (Å²) in [5.74, 6) is 0.210. The van der Waals surface area contributed by atoms with Crippen LogP contribution in [-0.4, -0.2) is 67.3 Å². The van der Waals surface area contributed by atoms with Gasteiger partial charge in [0.05, 0.1) is 41.4 Å². The molecular formula is C24H25F2N7O3S2. The smallest absolute Gasteiger partial charge is 0.260 e. The molecule has 0 spiro atoms. The number of halogens is 2. The number of hydrogen-bond donors (Lipinski definition) is 4. The Morgan fingerprint density at radius 1 is 1.18 bits per heavy atom. The average molecular weight is 562 g/mol. The number of alkyl halides is 2. The normalized spacial score (nSPS) is 16.9. The van der Waals surface area contributed by atoms with Crippen molar-refractivity contribution in [2.45, 2.75) is 18.6 Å². The Morgan fingerprint density at radius 3 is 2.68 bits per heavy atom. The van der Waals surface area contributed by atoms with Crippen molar-refractivity contribution in [2.24, 2.45) is 4.99 Å². The molecule has 1 saturated heterocycles. The first kappa shape index (κ1) is 26.0. The van der Waals surface area contributed by atoms with Crippen LogP contribution in [-0.2, 0) is 10.0 Å². The van der Waals surface area contributed by atoms with Gasteiger partial charge in [0.25, 0.3) is 12.3 Å². The molecular weight excluding hydrogens is 536 g/mol. The van der Waals surface area contributed by atoms with Gasteiger partial charge in [-0.2, -0.15) is 4.37 Å². The van der Waals surface area contributed by atoms with Gasteiger partial charge in [-0.15, -0.1) is 0 Å². The molecule has 0 radical (unpaired) electrons. The summed E-state index contributed by atoms with van der Waals surface area (Å²) >= 11 is 1.11. The molecule has 14 heteroatoms. The maximum atomic E-state index is 13.2. The maximum absolute atomic E-state index is 13.2. The lowest BCUT2D eigenvalue weighted by atomic mass is 10.2. The van der Waals surface area contributed by atoms with Gasteiger partial charge in [0.2, 0.25) is 10.0 Å². The molecule has 2 aliphatic heterocycles. The van der Waals surface area contributed by atoms with Crippen molar-refractivity contribution >= 4 is 61.0 Å². The van der Waals surface area contributed by atoms with E-state index in [9.17, 15) is 22.0 Å². The van der Waals surface area contributed by atoms with Crippen LogP contribution >= 0.6 is 11.5 Å². The van der Waals surface area contributed by atoms with Crippen molar-refractivity contribution in [3.8, 4) is 0 Å². The second-order valence-corrected chi connectivity index (χ2v) is 11.7. The highest BCUT2D eigenvalue weighted by Gasteiger charge is 2.38. The van der Waals surface area contributed by atoms with Crippen LogP contribution in [0.1, 0.15) is 16.1 Å². The van der Waals surface area contributed by atoms with E-state index in [0.717, 1.165) is 22.9 Å². The summed E-state index contributed by atoms with van der Waals surface area (Å²) in [5, 5.41) is 8.99. The predicted molar refractivity (Wildman–Crippen MR) is 146 cm³/mol. The largest absolute Gasteiger partial charge is 0.376 e. The van der Waals surface area contributed by atoms with Gasteiger partial charge in [-0.25, -0.2) is 22.2 Å². The van der Waals surface area contributed by atoms with E-state index >= 15 is 0 Å². The number of carbonyl (C=O) groups excluding carboxylic acids is 1. The Bertz CT molecular complexity index is 1490. The lowest BCUT2D eigenvalue weighted by Crippen LogP contribution is -2.57. The Hall–Kier alpha value is -3.62. The van der Waals surface area contributed by atoms with Gasteiger partial charge < -0.3 is 16.0 Å². The lowest BCUT2D eigenvalue weighted by Gasteiger charge is -2.38. The number of likely N-dealkylation sites (tertiary alicyclic amines) is 1. The minimum atomic E-state index is -3.77. The van der Waals surface area contributed by atoms with E-state index in [-0.39, 0.29) is 18.8 Å². The Kier molecular flexibility index (Phi) is 7.27. The molecule has 0 aliphatic carbocycles. The minimum Gasteiger partial charge on any atom is -0.376 e.